The molecular formula is C16H17FOS. The zero-order chi connectivity index (χ0) is 14.2. The van der Waals surface area contributed by atoms with Crippen molar-refractivity contribution in [1.82, 2.24) is 0 Å². The summed E-state index contributed by atoms with van der Waals surface area (Å²) >= 11 is 1.49. The van der Waals surface area contributed by atoms with E-state index in [4.69, 9.17) is 0 Å². The maximum atomic E-state index is 13.3. The molecule has 100 valence electrons. The fourth-order valence-electron chi connectivity index (χ4n) is 1.83. The van der Waals surface area contributed by atoms with Crippen LogP contribution in [0.1, 0.15) is 46.4 Å². The second-order valence-electron chi connectivity index (χ2n) is 5.70. The van der Waals surface area contributed by atoms with E-state index in [2.05, 4.69) is 20.8 Å². The van der Waals surface area contributed by atoms with E-state index in [9.17, 15) is 9.18 Å². The van der Waals surface area contributed by atoms with Gasteiger partial charge in [0, 0.05) is 10.4 Å². The van der Waals surface area contributed by atoms with Crippen LogP contribution in [0, 0.1) is 12.7 Å². The first-order chi connectivity index (χ1) is 8.79. The first-order valence-corrected chi connectivity index (χ1v) is 7.02. The van der Waals surface area contributed by atoms with Gasteiger partial charge in [0.25, 0.3) is 0 Å². The average molecular weight is 276 g/mol. The van der Waals surface area contributed by atoms with Crippen molar-refractivity contribution in [2.45, 2.75) is 33.1 Å². The molecule has 1 heterocycles. The SMILES string of the molecule is Cc1ccc(F)cc1C(=O)c1ccc(C(C)(C)C)s1. The highest BCUT2D eigenvalue weighted by Crippen LogP contribution is 2.31. The van der Waals surface area contributed by atoms with Crippen LogP contribution in [0.5, 0.6) is 0 Å². The Kier molecular flexibility index (Phi) is 3.59. The van der Waals surface area contributed by atoms with E-state index in [1.54, 1.807) is 6.07 Å². The van der Waals surface area contributed by atoms with Gasteiger partial charge in [-0.05, 0) is 42.2 Å². The highest BCUT2D eigenvalue weighted by molar-refractivity contribution is 7.14. The van der Waals surface area contributed by atoms with Gasteiger partial charge in [0.15, 0.2) is 0 Å². The largest absolute Gasteiger partial charge is 0.288 e. The normalized spacial score (nSPS) is 11.6. The molecular weight excluding hydrogens is 259 g/mol. The Morgan fingerprint density at radius 1 is 1.16 bits per heavy atom. The molecule has 1 aromatic heterocycles. The summed E-state index contributed by atoms with van der Waals surface area (Å²) in [6.45, 7) is 8.16. The first kappa shape index (κ1) is 13.9. The number of aryl methyl sites for hydroxylation is 1. The van der Waals surface area contributed by atoms with Crippen molar-refractivity contribution < 1.29 is 9.18 Å². The van der Waals surface area contributed by atoms with Crippen LogP contribution in [0.4, 0.5) is 4.39 Å². The molecule has 0 spiro atoms. The molecule has 0 N–H and O–H groups in total. The van der Waals surface area contributed by atoms with Gasteiger partial charge in [-0.2, -0.15) is 0 Å². The molecule has 19 heavy (non-hydrogen) atoms. The first-order valence-electron chi connectivity index (χ1n) is 6.20. The molecule has 0 radical (unpaired) electrons. The Hall–Kier alpha value is -1.48. The summed E-state index contributed by atoms with van der Waals surface area (Å²) < 4.78 is 13.3. The van der Waals surface area contributed by atoms with Crippen molar-refractivity contribution in [3.63, 3.8) is 0 Å². The zero-order valence-corrected chi connectivity index (χ0v) is 12.4. The van der Waals surface area contributed by atoms with Crippen molar-refractivity contribution in [2.24, 2.45) is 0 Å². The summed E-state index contributed by atoms with van der Waals surface area (Å²) in [5.41, 5.74) is 1.28. The zero-order valence-electron chi connectivity index (χ0n) is 11.6. The van der Waals surface area contributed by atoms with Gasteiger partial charge in [-0.25, -0.2) is 4.39 Å². The predicted molar refractivity (Wildman–Crippen MR) is 77.6 cm³/mol. The topological polar surface area (TPSA) is 17.1 Å². The number of thiophene rings is 1. The van der Waals surface area contributed by atoms with Gasteiger partial charge in [0.2, 0.25) is 5.78 Å². The second-order valence-corrected chi connectivity index (χ2v) is 6.79. The number of carbonyl (C=O) groups excluding carboxylic acids is 1. The molecule has 0 aliphatic rings. The van der Waals surface area contributed by atoms with E-state index in [-0.39, 0.29) is 17.0 Å². The lowest BCUT2D eigenvalue weighted by atomic mass is 9.95. The number of halogens is 1. The monoisotopic (exact) mass is 276 g/mol. The molecule has 1 nitrogen and oxygen atoms in total. The van der Waals surface area contributed by atoms with E-state index >= 15 is 0 Å². The van der Waals surface area contributed by atoms with Gasteiger partial charge in [-0.1, -0.05) is 26.8 Å². The highest BCUT2D eigenvalue weighted by Gasteiger charge is 2.20. The summed E-state index contributed by atoms with van der Waals surface area (Å²) in [5, 5.41) is 0. The van der Waals surface area contributed by atoms with E-state index < -0.39 is 0 Å². The molecule has 0 atom stereocenters. The van der Waals surface area contributed by atoms with Crippen LogP contribution in [-0.4, -0.2) is 5.78 Å². The Morgan fingerprint density at radius 3 is 2.42 bits per heavy atom. The third-order valence-corrected chi connectivity index (χ3v) is 4.52. The Bertz CT molecular complexity index is 620. The van der Waals surface area contributed by atoms with Crippen molar-refractivity contribution >= 4 is 17.1 Å². The minimum atomic E-state index is -0.374. The molecule has 3 heteroatoms. The highest BCUT2D eigenvalue weighted by atomic mass is 32.1. The van der Waals surface area contributed by atoms with Crippen LogP contribution in [-0.2, 0) is 5.41 Å². The molecule has 0 amide bonds. The predicted octanol–water partition coefficient (Wildman–Crippen LogP) is 4.72. The van der Waals surface area contributed by atoms with E-state index in [0.29, 0.717) is 10.4 Å². The summed E-state index contributed by atoms with van der Waals surface area (Å²) in [7, 11) is 0. The van der Waals surface area contributed by atoms with Gasteiger partial charge in [-0.15, -0.1) is 11.3 Å². The quantitative estimate of drug-likeness (QED) is 0.725. The lowest BCUT2D eigenvalue weighted by Gasteiger charge is -2.15. The molecule has 0 fully saturated rings. The number of carbonyl (C=O) groups is 1. The average Bonchev–Trinajstić information content (AvgIpc) is 2.80. The number of hydrogen-bond acceptors (Lipinski definition) is 2. The van der Waals surface area contributed by atoms with Crippen molar-refractivity contribution in [2.75, 3.05) is 0 Å². The van der Waals surface area contributed by atoms with Crippen LogP contribution < -0.4 is 0 Å². The van der Waals surface area contributed by atoms with Crippen LogP contribution in [0.25, 0.3) is 0 Å². The molecule has 0 aliphatic heterocycles. The Balaban J connectivity index is 2.39. The molecule has 0 saturated carbocycles. The third-order valence-electron chi connectivity index (χ3n) is 3.01. The maximum Gasteiger partial charge on any atom is 0.203 e. The summed E-state index contributed by atoms with van der Waals surface area (Å²) in [6.07, 6.45) is 0. The van der Waals surface area contributed by atoms with Crippen molar-refractivity contribution in [3.8, 4) is 0 Å². The molecule has 0 unspecified atom stereocenters. The molecule has 0 aliphatic carbocycles. The summed E-state index contributed by atoms with van der Waals surface area (Å²) in [6, 6.07) is 8.14. The molecule has 0 bridgehead atoms. The van der Waals surface area contributed by atoms with Gasteiger partial charge in [0.1, 0.15) is 5.82 Å². The smallest absolute Gasteiger partial charge is 0.203 e. The third kappa shape index (κ3) is 2.92. The Labute approximate surface area is 117 Å². The van der Waals surface area contributed by atoms with Crippen LogP contribution in [0.2, 0.25) is 0 Å². The molecule has 1 aromatic carbocycles. The lowest BCUT2D eigenvalue weighted by Crippen LogP contribution is -2.08. The lowest BCUT2D eigenvalue weighted by molar-refractivity contribution is 0.104. The van der Waals surface area contributed by atoms with E-state index in [1.165, 1.54) is 23.5 Å². The minimum absolute atomic E-state index is 0.0280. The summed E-state index contributed by atoms with van der Waals surface area (Å²) in [5.74, 6) is -0.473. The van der Waals surface area contributed by atoms with Gasteiger partial charge >= 0.3 is 0 Å². The second kappa shape index (κ2) is 4.89. The molecule has 2 rings (SSSR count). The van der Waals surface area contributed by atoms with E-state index in [1.807, 2.05) is 19.1 Å². The standard InChI is InChI=1S/C16H17FOS/c1-10-5-6-11(17)9-12(10)15(18)13-7-8-14(19-13)16(2,3)4/h5-9H,1-4H3. The minimum Gasteiger partial charge on any atom is -0.288 e. The summed E-state index contributed by atoms with van der Waals surface area (Å²) in [4.78, 5) is 14.2. The van der Waals surface area contributed by atoms with Crippen LogP contribution >= 0.6 is 11.3 Å². The van der Waals surface area contributed by atoms with Crippen molar-refractivity contribution in [1.29, 1.82) is 0 Å². The number of ketones is 1. The molecule has 2 aromatic rings. The van der Waals surface area contributed by atoms with E-state index in [0.717, 1.165) is 10.4 Å². The van der Waals surface area contributed by atoms with Gasteiger partial charge < -0.3 is 0 Å². The van der Waals surface area contributed by atoms with Gasteiger partial charge in [0.05, 0.1) is 4.88 Å². The fourth-order valence-corrected chi connectivity index (χ4v) is 2.85. The maximum absolute atomic E-state index is 13.3. The molecule has 0 saturated heterocycles. The fraction of sp³-hybridized carbons (Fsp3) is 0.312. The van der Waals surface area contributed by atoms with Gasteiger partial charge in [-0.3, -0.25) is 4.79 Å². The Morgan fingerprint density at radius 2 is 1.84 bits per heavy atom. The van der Waals surface area contributed by atoms with Crippen LogP contribution in [0.3, 0.4) is 0 Å². The van der Waals surface area contributed by atoms with Crippen molar-refractivity contribution in [3.05, 3.63) is 57.0 Å². The number of benzene rings is 1. The van der Waals surface area contributed by atoms with Crippen LogP contribution in [0.15, 0.2) is 30.3 Å². The number of rotatable bonds is 2. The number of hydrogen-bond donors (Lipinski definition) is 0.